The minimum atomic E-state index is -0.218. The van der Waals surface area contributed by atoms with Crippen molar-refractivity contribution in [2.75, 3.05) is 20.1 Å². The lowest BCUT2D eigenvalue weighted by Gasteiger charge is -2.05. The molecule has 0 saturated carbocycles. The molecule has 17 heavy (non-hydrogen) atoms. The highest BCUT2D eigenvalue weighted by molar-refractivity contribution is 7.40. The number of hydrogen-bond donors (Lipinski definition) is 3. The lowest BCUT2D eigenvalue weighted by Crippen LogP contribution is -2.25. The summed E-state index contributed by atoms with van der Waals surface area (Å²) in [6.45, 7) is 1.67. The van der Waals surface area contributed by atoms with Gasteiger partial charge in [-0.25, -0.2) is 0 Å². The van der Waals surface area contributed by atoms with Crippen molar-refractivity contribution in [1.82, 2.24) is 10.6 Å². The van der Waals surface area contributed by atoms with E-state index in [1.807, 2.05) is 7.05 Å². The smallest absolute Gasteiger partial charge is 0.251 e. The molecule has 0 radical (unpaired) electrons. The predicted octanol–water partition coefficient (Wildman–Crippen LogP) is 0.627. The van der Waals surface area contributed by atoms with Gasteiger partial charge in [0, 0.05) is 20.9 Å². The minimum Gasteiger partial charge on any atom is -0.372 e. The predicted molar refractivity (Wildman–Crippen MR) is 72.1 cm³/mol. The van der Waals surface area contributed by atoms with Gasteiger partial charge in [0.25, 0.3) is 5.91 Å². The topological polar surface area (TPSA) is 61.4 Å². The van der Waals surface area contributed by atoms with E-state index in [-0.39, 0.29) is 14.7 Å². The number of rotatable bonds is 7. The van der Waals surface area contributed by atoms with Gasteiger partial charge < -0.3 is 15.5 Å². The van der Waals surface area contributed by atoms with Gasteiger partial charge in [-0.05, 0) is 43.9 Å². The molecule has 0 aliphatic heterocycles. The van der Waals surface area contributed by atoms with Crippen LogP contribution in [0.3, 0.4) is 0 Å². The van der Waals surface area contributed by atoms with Crippen LogP contribution >= 0.6 is 8.81 Å². The lowest BCUT2D eigenvalue weighted by atomic mass is 10.2. The number of amides is 1. The normalized spacial score (nSPS) is 10.9. The highest BCUT2D eigenvalue weighted by Crippen LogP contribution is 2.05. The van der Waals surface area contributed by atoms with E-state index in [1.165, 1.54) is 0 Å². The minimum absolute atomic E-state index is 0.0534. The zero-order chi connectivity index (χ0) is 12.5. The first-order chi connectivity index (χ1) is 8.27. The average Bonchev–Trinajstić information content (AvgIpc) is 2.38. The monoisotopic (exact) mass is 254 g/mol. The Hall–Kier alpha value is -0.960. The van der Waals surface area contributed by atoms with Gasteiger partial charge in [-0.3, -0.25) is 4.79 Å². The Morgan fingerprint density at radius 1 is 1.24 bits per heavy atom. The average molecular weight is 254 g/mol. The Morgan fingerprint density at radius 3 is 2.47 bits per heavy atom. The molecular formula is C12H19N2O2P. The van der Waals surface area contributed by atoms with E-state index in [4.69, 9.17) is 4.89 Å². The van der Waals surface area contributed by atoms with Crippen molar-refractivity contribution in [1.29, 1.82) is 0 Å². The molecule has 1 rings (SSSR count). The van der Waals surface area contributed by atoms with E-state index in [0.29, 0.717) is 12.1 Å². The van der Waals surface area contributed by atoms with Crippen LogP contribution in [0.2, 0.25) is 0 Å². The molecule has 0 aliphatic rings. The fourth-order valence-corrected chi connectivity index (χ4v) is 1.74. The SMILES string of the molecule is CNCCCCNC(=O)c1ccc(PO)cc1. The molecule has 0 heterocycles. The van der Waals surface area contributed by atoms with Crippen LogP contribution in [0.25, 0.3) is 0 Å². The largest absolute Gasteiger partial charge is 0.372 e. The van der Waals surface area contributed by atoms with Gasteiger partial charge in [0.15, 0.2) is 0 Å². The maximum atomic E-state index is 11.7. The molecular weight excluding hydrogens is 235 g/mol. The van der Waals surface area contributed by atoms with Gasteiger partial charge >= 0.3 is 0 Å². The molecule has 5 heteroatoms. The van der Waals surface area contributed by atoms with Crippen LogP contribution in [0, 0.1) is 0 Å². The summed E-state index contributed by atoms with van der Waals surface area (Å²) in [5.74, 6) is -0.0534. The molecule has 0 aromatic heterocycles. The van der Waals surface area contributed by atoms with Gasteiger partial charge in [0.2, 0.25) is 0 Å². The molecule has 3 N–H and O–H groups in total. The zero-order valence-electron chi connectivity index (χ0n) is 9.99. The third kappa shape index (κ3) is 5.26. The maximum Gasteiger partial charge on any atom is 0.251 e. The first-order valence-corrected chi connectivity index (χ1v) is 6.65. The van der Waals surface area contributed by atoms with Gasteiger partial charge in [-0.1, -0.05) is 12.1 Å². The highest BCUT2D eigenvalue weighted by Gasteiger charge is 2.03. The van der Waals surface area contributed by atoms with Crippen molar-refractivity contribution < 1.29 is 9.69 Å². The number of hydrogen-bond acceptors (Lipinski definition) is 3. The number of carbonyl (C=O) groups is 1. The van der Waals surface area contributed by atoms with Crippen LogP contribution in [0.5, 0.6) is 0 Å². The molecule has 0 saturated heterocycles. The van der Waals surface area contributed by atoms with Gasteiger partial charge in [0.1, 0.15) is 0 Å². The summed E-state index contributed by atoms with van der Waals surface area (Å²) in [7, 11) is 1.70. The summed E-state index contributed by atoms with van der Waals surface area (Å²) in [5, 5.41) is 6.78. The van der Waals surface area contributed by atoms with Crippen molar-refractivity contribution in [3.63, 3.8) is 0 Å². The first kappa shape index (κ1) is 14.1. The van der Waals surface area contributed by atoms with Crippen LogP contribution in [0.1, 0.15) is 23.2 Å². The van der Waals surface area contributed by atoms with Crippen molar-refractivity contribution >= 4 is 20.0 Å². The van der Waals surface area contributed by atoms with Crippen LogP contribution < -0.4 is 15.9 Å². The molecule has 0 fully saturated rings. The molecule has 0 spiro atoms. The first-order valence-electron chi connectivity index (χ1n) is 5.71. The third-order valence-electron chi connectivity index (χ3n) is 2.42. The Bertz CT molecular complexity index is 341. The third-order valence-corrected chi connectivity index (χ3v) is 3.01. The molecule has 0 aliphatic carbocycles. The standard InChI is InChI=1S/C12H19N2O2P/c1-13-8-2-3-9-14-12(15)10-4-6-11(17-16)7-5-10/h4-7,13,16-17H,2-3,8-9H2,1H3,(H,14,15). The summed E-state index contributed by atoms with van der Waals surface area (Å²) < 4.78 is 0. The molecule has 1 unspecified atom stereocenters. The van der Waals surface area contributed by atoms with Gasteiger partial charge in [0.05, 0.1) is 0 Å². The van der Waals surface area contributed by atoms with E-state index in [2.05, 4.69) is 10.6 Å². The van der Waals surface area contributed by atoms with E-state index in [0.717, 1.165) is 24.7 Å². The van der Waals surface area contributed by atoms with Crippen molar-refractivity contribution in [3.05, 3.63) is 29.8 Å². The molecule has 94 valence electrons. The Labute approximate surface area is 104 Å². The number of nitrogens with one attached hydrogen (secondary N) is 2. The van der Waals surface area contributed by atoms with Crippen LogP contribution in [-0.4, -0.2) is 30.9 Å². The highest BCUT2D eigenvalue weighted by atomic mass is 31.1. The van der Waals surface area contributed by atoms with Crippen LogP contribution in [0.4, 0.5) is 0 Å². The van der Waals surface area contributed by atoms with Gasteiger partial charge in [-0.2, -0.15) is 0 Å². The second-order valence-corrected chi connectivity index (χ2v) is 4.56. The molecule has 4 nitrogen and oxygen atoms in total. The fraction of sp³-hybridized carbons (Fsp3) is 0.417. The van der Waals surface area contributed by atoms with E-state index < -0.39 is 0 Å². The van der Waals surface area contributed by atoms with Crippen molar-refractivity contribution in [3.8, 4) is 0 Å². The second kappa shape index (κ2) is 8.18. The summed E-state index contributed by atoms with van der Waals surface area (Å²) >= 11 is 0. The van der Waals surface area contributed by atoms with Crippen LogP contribution in [0.15, 0.2) is 24.3 Å². The lowest BCUT2D eigenvalue weighted by molar-refractivity contribution is 0.0953. The van der Waals surface area contributed by atoms with E-state index >= 15 is 0 Å². The number of benzene rings is 1. The van der Waals surface area contributed by atoms with E-state index in [9.17, 15) is 4.79 Å². The van der Waals surface area contributed by atoms with E-state index in [1.54, 1.807) is 24.3 Å². The number of carbonyl (C=O) groups excluding carboxylic acids is 1. The molecule has 1 aromatic rings. The molecule has 1 aromatic carbocycles. The summed E-state index contributed by atoms with van der Waals surface area (Å²) in [4.78, 5) is 20.6. The second-order valence-electron chi connectivity index (χ2n) is 3.76. The van der Waals surface area contributed by atoms with Crippen molar-refractivity contribution in [2.24, 2.45) is 0 Å². The summed E-state index contributed by atoms with van der Waals surface area (Å²) in [6.07, 6.45) is 2.03. The fourth-order valence-electron chi connectivity index (χ4n) is 1.43. The molecule has 1 amide bonds. The zero-order valence-corrected chi connectivity index (χ0v) is 11.0. The molecule has 1 atom stereocenters. The van der Waals surface area contributed by atoms with Crippen LogP contribution in [-0.2, 0) is 0 Å². The Balaban J connectivity index is 2.31. The van der Waals surface area contributed by atoms with Gasteiger partial charge in [-0.15, -0.1) is 0 Å². The summed E-state index contributed by atoms with van der Waals surface area (Å²) in [6, 6.07) is 7.02. The number of unbranched alkanes of at least 4 members (excludes halogenated alkanes) is 1. The Morgan fingerprint density at radius 2 is 1.88 bits per heavy atom. The Kier molecular flexibility index (Phi) is 6.78. The molecule has 0 bridgehead atoms. The quantitative estimate of drug-likeness (QED) is 0.494. The van der Waals surface area contributed by atoms with Crippen molar-refractivity contribution in [2.45, 2.75) is 12.8 Å². The summed E-state index contributed by atoms with van der Waals surface area (Å²) in [5.41, 5.74) is 0.639. The maximum absolute atomic E-state index is 11.7.